The third kappa shape index (κ3) is 3.34. The largest absolute Gasteiger partial charge is 0.352 e. The number of carbonyl (C=O) groups is 1. The molecule has 18 heavy (non-hydrogen) atoms. The first-order valence-corrected chi connectivity index (χ1v) is 6.55. The lowest BCUT2D eigenvalue weighted by atomic mass is 10.2. The minimum atomic E-state index is -0.187. The van der Waals surface area contributed by atoms with Gasteiger partial charge in [-0.1, -0.05) is 27.5 Å². The summed E-state index contributed by atoms with van der Waals surface area (Å²) in [6, 6.07) is 5.18. The van der Waals surface area contributed by atoms with Gasteiger partial charge in [-0.2, -0.15) is 0 Å². The van der Waals surface area contributed by atoms with Gasteiger partial charge in [-0.05, 0) is 18.2 Å². The number of imidazole rings is 1. The summed E-state index contributed by atoms with van der Waals surface area (Å²) < 4.78 is 0.822. The van der Waals surface area contributed by atoms with Crippen LogP contribution in [-0.4, -0.2) is 22.4 Å². The van der Waals surface area contributed by atoms with E-state index in [1.54, 1.807) is 30.6 Å². The molecule has 94 valence electrons. The van der Waals surface area contributed by atoms with E-state index >= 15 is 0 Å². The van der Waals surface area contributed by atoms with Crippen LogP contribution in [0.5, 0.6) is 0 Å². The zero-order chi connectivity index (χ0) is 13.0. The van der Waals surface area contributed by atoms with Gasteiger partial charge in [-0.25, -0.2) is 4.98 Å². The number of carbonyl (C=O) groups excluding carboxylic acids is 1. The number of benzene rings is 1. The van der Waals surface area contributed by atoms with E-state index in [9.17, 15) is 4.79 Å². The monoisotopic (exact) mass is 327 g/mol. The van der Waals surface area contributed by atoms with Crippen LogP contribution in [0.3, 0.4) is 0 Å². The minimum Gasteiger partial charge on any atom is -0.352 e. The van der Waals surface area contributed by atoms with Crippen molar-refractivity contribution in [3.63, 3.8) is 0 Å². The minimum absolute atomic E-state index is 0.187. The van der Waals surface area contributed by atoms with Gasteiger partial charge in [0.25, 0.3) is 5.91 Å². The molecule has 2 aromatic rings. The molecule has 1 amide bonds. The van der Waals surface area contributed by atoms with E-state index in [1.807, 2.05) is 0 Å². The van der Waals surface area contributed by atoms with Gasteiger partial charge in [0, 0.05) is 29.8 Å². The number of aromatic amines is 1. The van der Waals surface area contributed by atoms with E-state index in [0.717, 1.165) is 10.3 Å². The average molecular weight is 329 g/mol. The van der Waals surface area contributed by atoms with E-state index in [4.69, 9.17) is 11.6 Å². The number of nitrogens with one attached hydrogen (secondary N) is 2. The van der Waals surface area contributed by atoms with Crippen molar-refractivity contribution in [3.8, 4) is 0 Å². The fourth-order valence-corrected chi connectivity index (χ4v) is 2.06. The van der Waals surface area contributed by atoms with Crippen molar-refractivity contribution in [2.24, 2.45) is 0 Å². The molecule has 1 heterocycles. The number of rotatable bonds is 4. The highest BCUT2D eigenvalue weighted by atomic mass is 79.9. The summed E-state index contributed by atoms with van der Waals surface area (Å²) >= 11 is 9.28. The Morgan fingerprint density at radius 1 is 1.50 bits per heavy atom. The first-order valence-electron chi connectivity index (χ1n) is 5.38. The van der Waals surface area contributed by atoms with Crippen molar-refractivity contribution in [3.05, 3.63) is 51.5 Å². The van der Waals surface area contributed by atoms with Crippen LogP contribution in [0.25, 0.3) is 0 Å². The lowest BCUT2D eigenvalue weighted by Gasteiger charge is -2.06. The zero-order valence-corrected chi connectivity index (χ0v) is 11.8. The summed E-state index contributed by atoms with van der Waals surface area (Å²) in [7, 11) is 0. The molecule has 1 aromatic carbocycles. The molecule has 6 heteroatoms. The van der Waals surface area contributed by atoms with Crippen LogP contribution in [0, 0.1) is 0 Å². The molecule has 0 aliphatic heterocycles. The molecule has 0 saturated heterocycles. The Hall–Kier alpha value is -1.33. The standard InChI is InChI=1S/C12H11BrClN3O/c13-8-1-2-10(14)9(7-8)12(18)17-4-3-11-15-5-6-16-11/h1-2,5-7H,3-4H2,(H,15,16)(H,17,18). The van der Waals surface area contributed by atoms with E-state index < -0.39 is 0 Å². The predicted molar refractivity (Wildman–Crippen MR) is 73.8 cm³/mol. The number of nitrogens with zero attached hydrogens (tertiary/aromatic N) is 1. The van der Waals surface area contributed by atoms with Gasteiger partial charge in [0.2, 0.25) is 0 Å². The molecule has 0 saturated carbocycles. The van der Waals surface area contributed by atoms with Gasteiger partial charge in [0.15, 0.2) is 0 Å². The topological polar surface area (TPSA) is 57.8 Å². The highest BCUT2D eigenvalue weighted by Crippen LogP contribution is 2.20. The van der Waals surface area contributed by atoms with Gasteiger partial charge in [-0.15, -0.1) is 0 Å². The maximum atomic E-state index is 11.9. The maximum Gasteiger partial charge on any atom is 0.252 e. The molecule has 0 aliphatic carbocycles. The maximum absolute atomic E-state index is 11.9. The predicted octanol–water partition coefficient (Wildman–Crippen LogP) is 2.80. The molecule has 0 spiro atoms. The number of hydrogen-bond donors (Lipinski definition) is 2. The Bertz CT molecular complexity index is 542. The van der Waals surface area contributed by atoms with Crippen LogP contribution in [0.4, 0.5) is 0 Å². The Morgan fingerprint density at radius 3 is 3.06 bits per heavy atom. The quantitative estimate of drug-likeness (QED) is 0.906. The SMILES string of the molecule is O=C(NCCc1ncc[nH]1)c1cc(Br)ccc1Cl. The number of amides is 1. The van der Waals surface area contributed by atoms with E-state index in [0.29, 0.717) is 23.6 Å². The first kappa shape index (κ1) is 13.1. The fraction of sp³-hybridized carbons (Fsp3) is 0.167. The molecule has 2 rings (SSSR count). The van der Waals surface area contributed by atoms with Crippen molar-refractivity contribution in [2.75, 3.05) is 6.54 Å². The van der Waals surface area contributed by atoms with Gasteiger partial charge < -0.3 is 10.3 Å². The molecule has 0 fully saturated rings. The third-order valence-corrected chi connectivity index (χ3v) is 3.20. The van der Waals surface area contributed by atoms with Crippen molar-refractivity contribution in [2.45, 2.75) is 6.42 Å². The summed E-state index contributed by atoms with van der Waals surface area (Å²) in [6.45, 7) is 0.509. The van der Waals surface area contributed by atoms with E-state index in [1.165, 1.54) is 0 Å². The molecule has 1 aromatic heterocycles. The summed E-state index contributed by atoms with van der Waals surface area (Å²) in [6.07, 6.45) is 4.09. The average Bonchev–Trinajstić information content (AvgIpc) is 2.85. The Morgan fingerprint density at radius 2 is 2.33 bits per heavy atom. The van der Waals surface area contributed by atoms with Crippen LogP contribution in [0.15, 0.2) is 35.1 Å². The number of hydrogen-bond acceptors (Lipinski definition) is 2. The van der Waals surface area contributed by atoms with E-state index in [-0.39, 0.29) is 5.91 Å². The third-order valence-electron chi connectivity index (χ3n) is 2.38. The van der Waals surface area contributed by atoms with Gasteiger partial charge in [0.1, 0.15) is 5.82 Å². The van der Waals surface area contributed by atoms with Crippen LogP contribution in [0.1, 0.15) is 16.2 Å². The van der Waals surface area contributed by atoms with Crippen LogP contribution >= 0.6 is 27.5 Å². The van der Waals surface area contributed by atoms with Crippen LogP contribution < -0.4 is 5.32 Å². The Kier molecular flexibility index (Phi) is 4.38. The second kappa shape index (κ2) is 6.02. The first-order chi connectivity index (χ1) is 8.66. The van der Waals surface area contributed by atoms with Crippen LogP contribution in [-0.2, 0) is 6.42 Å². The van der Waals surface area contributed by atoms with Gasteiger partial charge in [-0.3, -0.25) is 4.79 Å². The van der Waals surface area contributed by atoms with Gasteiger partial charge in [0.05, 0.1) is 10.6 Å². The summed E-state index contributed by atoms with van der Waals surface area (Å²) in [5.41, 5.74) is 0.463. The molecule has 0 radical (unpaired) electrons. The van der Waals surface area contributed by atoms with Crippen LogP contribution in [0.2, 0.25) is 5.02 Å². The summed E-state index contributed by atoms with van der Waals surface area (Å²) in [5.74, 6) is 0.656. The Balaban J connectivity index is 1.93. The zero-order valence-electron chi connectivity index (χ0n) is 9.41. The molecule has 0 atom stereocenters. The molecule has 4 nitrogen and oxygen atoms in total. The molecule has 0 bridgehead atoms. The number of H-pyrrole nitrogens is 1. The normalized spacial score (nSPS) is 10.3. The summed E-state index contributed by atoms with van der Waals surface area (Å²) in [5, 5.41) is 3.24. The van der Waals surface area contributed by atoms with Gasteiger partial charge >= 0.3 is 0 Å². The number of aromatic nitrogens is 2. The van der Waals surface area contributed by atoms with E-state index in [2.05, 4.69) is 31.2 Å². The molecular weight excluding hydrogens is 318 g/mol. The highest BCUT2D eigenvalue weighted by molar-refractivity contribution is 9.10. The van der Waals surface area contributed by atoms with Crippen molar-refractivity contribution in [1.29, 1.82) is 0 Å². The lowest BCUT2D eigenvalue weighted by molar-refractivity contribution is 0.0954. The second-order valence-corrected chi connectivity index (χ2v) is 4.99. The molecular formula is C12H11BrClN3O. The molecule has 0 unspecified atom stereocenters. The smallest absolute Gasteiger partial charge is 0.252 e. The lowest BCUT2D eigenvalue weighted by Crippen LogP contribution is -2.26. The summed E-state index contributed by atoms with van der Waals surface area (Å²) in [4.78, 5) is 19.0. The van der Waals surface area contributed by atoms with Crippen molar-refractivity contribution < 1.29 is 4.79 Å². The van der Waals surface area contributed by atoms with Crippen molar-refractivity contribution in [1.82, 2.24) is 15.3 Å². The fourth-order valence-electron chi connectivity index (χ4n) is 1.50. The second-order valence-electron chi connectivity index (χ2n) is 3.67. The Labute approximate surface area is 118 Å². The molecule has 2 N–H and O–H groups in total. The highest BCUT2D eigenvalue weighted by Gasteiger charge is 2.10. The molecule has 0 aliphatic rings. The van der Waals surface area contributed by atoms with Crippen molar-refractivity contribution >= 4 is 33.4 Å². The number of halogens is 2.